The highest BCUT2D eigenvalue weighted by Gasteiger charge is 2.28. The highest BCUT2D eigenvalue weighted by Crippen LogP contribution is 2.36. The Morgan fingerprint density at radius 3 is 2.55 bits per heavy atom. The summed E-state index contributed by atoms with van der Waals surface area (Å²) in [4.78, 5) is 2.55. The number of likely N-dealkylation sites (tertiary alicyclic amines) is 1. The molecule has 1 heterocycles. The predicted molar refractivity (Wildman–Crippen MR) is 75.7 cm³/mol. The minimum Gasteiger partial charge on any atom is -0.312 e. The van der Waals surface area contributed by atoms with Crippen LogP contribution in [0.3, 0.4) is 0 Å². The smallest absolute Gasteiger partial charge is 0.312 e. The summed E-state index contributed by atoms with van der Waals surface area (Å²) in [7, 11) is 2.12. The van der Waals surface area contributed by atoms with Gasteiger partial charge < -0.3 is 10.2 Å². The fourth-order valence-electron chi connectivity index (χ4n) is 2.42. The number of nitrogens with zero attached hydrogens (tertiary/aromatic N) is 1. The number of thioether (sulfide) groups is 1. The monoisotopic (exact) mass is 304 g/mol. The lowest BCUT2D eigenvalue weighted by atomic mass is 10.1. The van der Waals surface area contributed by atoms with Gasteiger partial charge in [0.15, 0.2) is 0 Å². The van der Waals surface area contributed by atoms with Crippen molar-refractivity contribution >= 4 is 11.8 Å². The van der Waals surface area contributed by atoms with Crippen LogP contribution in [0.1, 0.15) is 12.0 Å². The average molecular weight is 304 g/mol. The second-order valence-corrected chi connectivity index (χ2v) is 6.38. The van der Waals surface area contributed by atoms with Crippen LogP contribution in [-0.4, -0.2) is 37.1 Å². The van der Waals surface area contributed by atoms with Crippen LogP contribution >= 0.6 is 11.8 Å². The van der Waals surface area contributed by atoms with E-state index in [1.165, 1.54) is 18.6 Å². The zero-order valence-corrected chi connectivity index (χ0v) is 12.2. The molecule has 6 heteroatoms. The molecule has 0 amide bonds. The molecule has 0 aliphatic carbocycles. The molecule has 1 fully saturated rings. The Labute approximate surface area is 121 Å². The second-order valence-electron chi connectivity index (χ2n) is 5.24. The molecular formula is C14H19F3N2S. The van der Waals surface area contributed by atoms with E-state index < -0.39 is 5.51 Å². The standard InChI is InChI=1S/C14H19F3N2S/c1-19-7-6-12(10-19)9-18-8-11-2-4-13(5-3-11)20-14(15,16)17/h2-5,12,18H,6-10H2,1H3. The fraction of sp³-hybridized carbons (Fsp3) is 0.571. The van der Waals surface area contributed by atoms with E-state index in [0.717, 1.165) is 25.2 Å². The van der Waals surface area contributed by atoms with Crippen LogP contribution in [-0.2, 0) is 6.54 Å². The number of hydrogen-bond donors (Lipinski definition) is 1. The van der Waals surface area contributed by atoms with Crippen LogP contribution in [0.5, 0.6) is 0 Å². The summed E-state index contributed by atoms with van der Waals surface area (Å²) in [6.07, 6.45) is 1.21. The van der Waals surface area contributed by atoms with Crippen molar-refractivity contribution in [2.75, 3.05) is 26.7 Å². The molecule has 1 aliphatic heterocycles. The van der Waals surface area contributed by atoms with E-state index in [-0.39, 0.29) is 16.7 Å². The number of hydrogen-bond acceptors (Lipinski definition) is 3. The van der Waals surface area contributed by atoms with Crippen molar-refractivity contribution < 1.29 is 13.2 Å². The van der Waals surface area contributed by atoms with Crippen LogP contribution in [0.25, 0.3) is 0 Å². The topological polar surface area (TPSA) is 15.3 Å². The summed E-state index contributed by atoms with van der Waals surface area (Å²) < 4.78 is 36.6. The molecule has 1 atom stereocenters. The molecule has 1 N–H and O–H groups in total. The van der Waals surface area contributed by atoms with Gasteiger partial charge in [-0.1, -0.05) is 12.1 Å². The lowest BCUT2D eigenvalue weighted by molar-refractivity contribution is -0.0328. The average Bonchev–Trinajstić information content (AvgIpc) is 2.75. The van der Waals surface area contributed by atoms with Crippen LogP contribution in [0.2, 0.25) is 0 Å². The zero-order chi connectivity index (χ0) is 14.6. The Morgan fingerprint density at radius 1 is 1.30 bits per heavy atom. The Kier molecular flexibility index (Phi) is 5.35. The fourth-order valence-corrected chi connectivity index (χ4v) is 2.96. The van der Waals surface area contributed by atoms with Gasteiger partial charge in [-0.15, -0.1) is 0 Å². The van der Waals surface area contributed by atoms with E-state index in [4.69, 9.17) is 0 Å². The highest BCUT2D eigenvalue weighted by molar-refractivity contribution is 8.00. The van der Waals surface area contributed by atoms with Gasteiger partial charge in [-0.25, -0.2) is 0 Å². The quantitative estimate of drug-likeness (QED) is 0.840. The van der Waals surface area contributed by atoms with Crippen LogP contribution in [0.4, 0.5) is 13.2 Å². The second kappa shape index (κ2) is 6.83. The van der Waals surface area contributed by atoms with Gasteiger partial charge in [-0.3, -0.25) is 0 Å². The number of benzene rings is 1. The lowest BCUT2D eigenvalue weighted by Gasteiger charge is -2.12. The van der Waals surface area contributed by atoms with Gasteiger partial charge >= 0.3 is 5.51 Å². The van der Waals surface area contributed by atoms with E-state index in [1.54, 1.807) is 12.1 Å². The molecule has 1 aliphatic rings. The van der Waals surface area contributed by atoms with E-state index >= 15 is 0 Å². The summed E-state index contributed by atoms with van der Waals surface area (Å²) in [5.74, 6) is 0.681. The first-order valence-corrected chi connectivity index (χ1v) is 7.48. The van der Waals surface area contributed by atoms with Crippen LogP contribution in [0.15, 0.2) is 29.2 Å². The van der Waals surface area contributed by atoms with Crippen molar-refractivity contribution in [3.63, 3.8) is 0 Å². The summed E-state index contributed by atoms with van der Waals surface area (Å²) >= 11 is -0.0720. The molecule has 1 aromatic carbocycles. The largest absolute Gasteiger partial charge is 0.446 e. The van der Waals surface area contributed by atoms with Gasteiger partial charge in [-0.05, 0) is 61.9 Å². The molecule has 0 bridgehead atoms. The van der Waals surface area contributed by atoms with Crippen molar-refractivity contribution in [3.05, 3.63) is 29.8 Å². The third-order valence-electron chi connectivity index (χ3n) is 3.41. The summed E-state index contributed by atoms with van der Waals surface area (Å²) in [6.45, 7) is 3.93. The third kappa shape index (κ3) is 5.34. The molecule has 1 saturated heterocycles. The van der Waals surface area contributed by atoms with Gasteiger partial charge in [0.05, 0.1) is 0 Å². The molecule has 2 rings (SSSR count). The minimum absolute atomic E-state index is 0.0720. The first-order chi connectivity index (χ1) is 9.42. The lowest BCUT2D eigenvalue weighted by Crippen LogP contribution is -2.24. The summed E-state index contributed by atoms with van der Waals surface area (Å²) in [6, 6.07) is 6.56. The predicted octanol–water partition coefficient (Wildman–Crippen LogP) is 3.34. The van der Waals surface area contributed by atoms with Gasteiger partial charge in [0.1, 0.15) is 0 Å². The van der Waals surface area contributed by atoms with Gasteiger partial charge in [0, 0.05) is 18.0 Å². The van der Waals surface area contributed by atoms with E-state index in [2.05, 4.69) is 17.3 Å². The maximum absolute atomic E-state index is 12.2. The third-order valence-corrected chi connectivity index (χ3v) is 4.15. The Bertz CT molecular complexity index is 419. The molecule has 1 unspecified atom stereocenters. The molecule has 1 aromatic rings. The van der Waals surface area contributed by atoms with E-state index in [9.17, 15) is 13.2 Å². The Hall–Kier alpha value is -0.720. The summed E-state index contributed by atoms with van der Waals surface area (Å²) in [5, 5.41) is 3.38. The first kappa shape index (κ1) is 15.7. The molecule has 112 valence electrons. The zero-order valence-electron chi connectivity index (χ0n) is 11.4. The number of rotatable bonds is 5. The number of halogens is 3. The molecule has 2 nitrogen and oxygen atoms in total. The Balaban J connectivity index is 1.73. The number of alkyl halides is 3. The molecule has 0 radical (unpaired) electrons. The number of nitrogens with one attached hydrogen (secondary N) is 1. The van der Waals surface area contributed by atoms with E-state index in [1.807, 2.05) is 0 Å². The van der Waals surface area contributed by atoms with Crippen molar-refractivity contribution in [2.24, 2.45) is 5.92 Å². The van der Waals surface area contributed by atoms with Gasteiger partial charge in [0.2, 0.25) is 0 Å². The molecule has 0 saturated carbocycles. The van der Waals surface area contributed by atoms with Crippen molar-refractivity contribution in [1.82, 2.24) is 10.2 Å². The minimum atomic E-state index is -4.21. The van der Waals surface area contributed by atoms with Crippen LogP contribution < -0.4 is 5.32 Å². The van der Waals surface area contributed by atoms with Crippen molar-refractivity contribution in [2.45, 2.75) is 23.4 Å². The van der Waals surface area contributed by atoms with Crippen molar-refractivity contribution in [3.8, 4) is 0 Å². The van der Waals surface area contributed by atoms with Gasteiger partial charge in [-0.2, -0.15) is 13.2 Å². The summed E-state index contributed by atoms with van der Waals surface area (Å²) in [5.41, 5.74) is -3.20. The maximum atomic E-state index is 12.2. The highest BCUT2D eigenvalue weighted by atomic mass is 32.2. The molecule has 0 aromatic heterocycles. The maximum Gasteiger partial charge on any atom is 0.446 e. The molecule has 20 heavy (non-hydrogen) atoms. The van der Waals surface area contributed by atoms with E-state index in [0.29, 0.717) is 12.5 Å². The normalized spacial score (nSPS) is 20.5. The van der Waals surface area contributed by atoms with Crippen LogP contribution in [0, 0.1) is 5.92 Å². The van der Waals surface area contributed by atoms with Gasteiger partial charge in [0.25, 0.3) is 0 Å². The molecular weight excluding hydrogens is 285 g/mol. The van der Waals surface area contributed by atoms with Crippen molar-refractivity contribution in [1.29, 1.82) is 0 Å². The SMILES string of the molecule is CN1CCC(CNCc2ccc(SC(F)(F)F)cc2)C1. The molecule has 0 spiro atoms. The first-order valence-electron chi connectivity index (χ1n) is 6.66. The Morgan fingerprint density at radius 2 is 2.00 bits per heavy atom.